The third-order valence-electron chi connectivity index (χ3n) is 3.50. The summed E-state index contributed by atoms with van der Waals surface area (Å²) < 4.78 is 0. The molecule has 1 fully saturated rings. The van der Waals surface area contributed by atoms with Gasteiger partial charge in [0.1, 0.15) is 0 Å². The average molecular weight is 299 g/mol. The summed E-state index contributed by atoms with van der Waals surface area (Å²) in [5, 5.41) is 14.2. The molecule has 7 heteroatoms. The van der Waals surface area contributed by atoms with Crippen LogP contribution < -0.4 is 5.32 Å². The van der Waals surface area contributed by atoms with Gasteiger partial charge in [0.05, 0.1) is 15.6 Å². The number of non-ortho nitro benzene ring substituents is 1. The van der Waals surface area contributed by atoms with Crippen LogP contribution in [0.4, 0.5) is 11.4 Å². The lowest BCUT2D eigenvalue weighted by atomic mass is 10.2. The van der Waals surface area contributed by atoms with E-state index in [1.807, 2.05) is 0 Å². The summed E-state index contributed by atoms with van der Waals surface area (Å²) in [5.41, 5.74) is 0.756. The first-order valence-electron chi connectivity index (χ1n) is 6.65. The second kappa shape index (κ2) is 6.88. The number of nitro benzene ring substituents is 1. The summed E-state index contributed by atoms with van der Waals surface area (Å²) in [5.74, 6) is 0. The molecule has 6 nitrogen and oxygen atoms in total. The van der Waals surface area contributed by atoms with E-state index < -0.39 is 4.92 Å². The van der Waals surface area contributed by atoms with Gasteiger partial charge in [-0.2, -0.15) is 0 Å². The molecule has 1 heterocycles. The molecule has 1 saturated heterocycles. The Kier molecular flexibility index (Phi) is 5.17. The van der Waals surface area contributed by atoms with Gasteiger partial charge in [-0.05, 0) is 13.1 Å². The molecular formula is C13H19ClN4O2. The van der Waals surface area contributed by atoms with Gasteiger partial charge < -0.3 is 10.2 Å². The summed E-state index contributed by atoms with van der Waals surface area (Å²) in [6.45, 7) is 6.07. The molecule has 0 saturated carbocycles. The van der Waals surface area contributed by atoms with Crippen molar-refractivity contribution >= 4 is 23.0 Å². The molecule has 0 radical (unpaired) electrons. The number of nitrogens with one attached hydrogen (secondary N) is 1. The van der Waals surface area contributed by atoms with Gasteiger partial charge in [-0.3, -0.25) is 15.0 Å². The standard InChI is InChI=1S/C13H19ClN4O2/c1-16-6-8-17(9-7-16)5-4-15-13-3-2-11(18(19)20)10-12(13)14/h2-3,10,15H,4-9H2,1H3. The van der Waals surface area contributed by atoms with Crippen LogP contribution in [0.15, 0.2) is 18.2 Å². The molecule has 0 amide bonds. The van der Waals surface area contributed by atoms with Crippen LogP contribution in [-0.4, -0.2) is 61.0 Å². The van der Waals surface area contributed by atoms with Crippen molar-refractivity contribution in [2.45, 2.75) is 0 Å². The average Bonchev–Trinajstić information content (AvgIpc) is 2.42. The number of piperazine rings is 1. The molecule has 0 bridgehead atoms. The number of hydrogen-bond donors (Lipinski definition) is 1. The summed E-state index contributed by atoms with van der Waals surface area (Å²) in [6.07, 6.45) is 0. The minimum atomic E-state index is -0.445. The fourth-order valence-electron chi connectivity index (χ4n) is 2.18. The van der Waals surface area contributed by atoms with Crippen LogP contribution in [0.25, 0.3) is 0 Å². The maximum absolute atomic E-state index is 10.6. The number of anilines is 1. The number of benzene rings is 1. The molecule has 110 valence electrons. The molecule has 1 aliphatic rings. The van der Waals surface area contributed by atoms with E-state index in [4.69, 9.17) is 11.6 Å². The Morgan fingerprint density at radius 1 is 1.35 bits per heavy atom. The highest BCUT2D eigenvalue weighted by Crippen LogP contribution is 2.26. The van der Waals surface area contributed by atoms with E-state index in [0.29, 0.717) is 5.02 Å². The Bertz CT molecular complexity index is 475. The van der Waals surface area contributed by atoms with Crippen molar-refractivity contribution < 1.29 is 4.92 Å². The zero-order valence-corrected chi connectivity index (χ0v) is 12.3. The highest BCUT2D eigenvalue weighted by molar-refractivity contribution is 6.33. The van der Waals surface area contributed by atoms with E-state index in [1.165, 1.54) is 12.1 Å². The molecule has 2 rings (SSSR count). The van der Waals surface area contributed by atoms with Gasteiger partial charge in [-0.25, -0.2) is 0 Å². The number of rotatable bonds is 5. The predicted octanol–water partition coefficient (Wildman–Crippen LogP) is 1.91. The van der Waals surface area contributed by atoms with E-state index in [0.717, 1.165) is 45.0 Å². The number of nitrogens with zero attached hydrogens (tertiary/aromatic N) is 3. The van der Waals surface area contributed by atoms with E-state index in [-0.39, 0.29) is 5.69 Å². The summed E-state index contributed by atoms with van der Waals surface area (Å²) in [7, 11) is 2.13. The lowest BCUT2D eigenvalue weighted by molar-refractivity contribution is -0.384. The molecule has 0 aromatic heterocycles. The number of nitro groups is 1. The van der Waals surface area contributed by atoms with Crippen LogP contribution in [-0.2, 0) is 0 Å². The zero-order chi connectivity index (χ0) is 14.5. The molecule has 1 aromatic rings. The molecule has 0 spiro atoms. The van der Waals surface area contributed by atoms with E-state index in [1.54, 1.807) is 6.07 Å². The molecule has 1 aliphatic heterocycles. The predicted molar refractivity (Wildman–Crippen MR) is 80.5 cm³/mol. The number of hydrogen-bond acceptors (Lipinski definition) is 5. The maximum Gasteiger partial charge on any atom is 0.271 e. The van der Waals surface area contributed by atoms with Gasteiger partial charge in [0, 0.05) is 51.4 Å². The van der Waals surface area contributed by atoms with E-state index in [9.17, 15) is 10.1 Å². The van der Waals surface area contributed by atoms with Gasteiger partial charge in [-0.15, -0.1) is 0 Å². The first-order valence-corrected chi connectivity index (χ1v) is 7.03. The third kappa shape index (κ3) is 4.06. The third-order valence-corrected chi connectivity index (χ3v) is 3.82. The van der Waals surface area contributed by atoms with Gasteiger partial charge >= 0.3 is 0 Å². The van der Waals surface area contributed by atoms with Crippen LogP contribution in [0.2, 0.25) is 5.02 Å². The van der Waals surface area contributed by atoms with Crippen molar-refractivity contribution in [3.63, 3.8) is 0 Å². The number of likely N-dealkylation sites (N-methyl/N-ethyl adjacent to an activating group) is 1. The van der Waals surface area contributed by atoms with Gasteiger partial charge in [0.15, 0.2) is 0 Å². The monoisotopic (exact) mass is 298 g/mol. The zero-order valence-electron chi connectivity index (χ0n) is 11.5. The lowest BCUT2D eigenvalue weighted by Crippen LogP contribution is -2.45. The quantitative estimate of drug-likeness (QED) is 0.664. The Morgan fingerprint density at radius 2 is 2.05 bits per heavy atom. The highest BCUT2D eigenvalue weighted by atomic mass is 35.5. The first-order chi connectivity index (χ1) is 9.56. The maximum atomic E-state index is 10.6. The Morgan fingerprint density at radius 3 is 2.65 bits per heavy atom. The molecule has 0 aliphatic carbocycles. The van der Waals surface area contributed by atoms with Crippen LogP contribution >= 0.6 is 11.6 Å². The normalized spacial score (nSPS) is 17.1. The van der Waals surface area contributed by atoms with Crippen LogP contribution in [0.1, 0.15) is 0 Å². The Labute approximate surface area is 123 Å². The minimum absolute atomic E-state index is 0.0135. The van der Waals surface area contributed by atoms with Gasteiger partial charge in [0.25, 0.3) is 5.69 Å². The smallest absolute Gasteiger partial charge is 0.271 e. The molecule has 20 heavy (non-hydrogen) atoms. The van der Waals surface area contributed by atoms with Crippen molar-refractivity contribution in [2.24, 2.45) is 0 Å². The second-order valence-corrected chi connectivity index (χ2v) is 5.40. The second-order valence-electron chi connectivity index (χ2n) is 4.99. The SMILES string of the molecule is CN1CCN(CCNc2ccc([N+](=O)[O-])cc2Cl)CC1. The first kappa shape index (κ1) is 15.0. The van der Waals surface area contributed by atoms with Crippen molar-refractivity contribution in [1.29, 1.82) is 0 Å². The lowest BCUT2D eigenvalue weighted by Gasteiger charge is -2.32. The van der Waals surface area contributed by atoms with Crippen molar-refractivity contribution in [3.05, 3.63) is 33.3 Å². The summed E-state index contributed by atoms with van der Waals surface area (Å²) >= 11 is 6.03. The molecule has 0 atom stereocenters. The van der Waals surface area contributed by atoms with Crippen LogP contribution in [0.5, 0.6) is 0 Å². The summed E-state index contributed by atoms with van der Waals surface area (Å²) in [6, 6.07) is 4.49. The van der Waals surface area contributed by atoms with Crippen molar-refractivity contribution in [2.75, 3.05) is 51.6 Å². The van der Waals surface area contributed by atoms with Crippen LogP contribution in [0.3, 0.4) is 0 Å². The number of halogens is 1. The van der Waals surface area contributed by atoms with E-state index in [2.05, 4.69) is 22.2 Å². The largest absolute Gasteiger partial charge is 0.383 e. The topological polar surface area (TPSA) is 61.6 Å². The van der Waals surface area contributed by atoms with Crippen molar-refractivity contribution in [1.82, 2.24) is 9.80 Å². The molecular weight excluding hydrogens is 280 g/mol. The van der Waals surface area contributed by atoms with Gasteiger partial charge in [0.2, 0.25) is 0 Å². The van der Waals surface area contributed by atoms with Crippen LogP contribution in [0, 0.1) is 10.1 Å². The molecule has 1 aromatic carbocycles. The van der Waals surface area contributed by atoms with Gasteiger partial charge in [-0.1, -0.05) is 11.6 Å². The molecule has 0 unspecified atom stereocenters. The fourth-order valence-corrected chi connectivity index (χ4v) is 2.42. The Balaban J connectivity index is 1.81. The van der Waals surface area contributed by atoms with Crippen molar-refractivity contribution in [3.8, 4) is 0 Å². The molecule has 1 N–H and O–H groups in total. The van der Waals surface area contributed by atoms with E-state index >= 15 is 0 Å². The Hall–Kier alpha value is -1.37. The summed E-state index contributed by atoms with van der Waals surface area (Å²) in [4.78, 5) is 14.9. The fraction of sp³-hybridized carbons (Fsp3) is 0.538. The highest BCUT2D eigenvalue weighted by Gasteiger charge is 2.13. The minimum Gasteiger partial charge on any atom is -0.383 e.